The van der Waals surface area contributed by atoms with Gasteiger partial charge >= 0.3 is 6.09 Å². The van der Waals surface area contributed by atoms with Crippen LogP contribution in [-0.2, 0) is 11.2 Å². The van der Waals surface area contributed by atoms with Crippen LogP contribution < -0.4 is 5.32 Å². The van der Waals surface area contributed by atoms with Gasteiger partial charge in [-0.05, 0) is 64.9 Å². The van der Waals surface area contributed by atoms with Crippen LogP contribution in [0.1, 0.15) is 74.1 Å². The molecular formula is C32H35N7O2. The van der Waals surface area contributed by atoms with Crippen molar-refractivity contribution in [1.82, 2.24) is 35.3 Å². The molecule has 3 heterocycles. The Labute approximate surface area is 239 Å². The Morgan fingerprint density at radius 1 is 1.05 bits per heavy atom. The number of alkyl carbamates (subject to hydrolysis) is 1. The number of tetrazole rings is 1. The second kappa shape index (κ2) is 11.9. The zero-order valence-corrected chi connectivity index (χ0v) is 23.5. The van der Waals surface area contributed by atoms with Crippen LogP contribution in [0.15, 0.2) is 66.9 Å². The first-order chi connectivity index (χ1) is 20.1. The molecule has 1 saturated carbocycles. The summed E-state index contributed by atoms with van der Waals surface area (Å²) in [6, 6.07) is 20.4. The minimum absolute atomic E-state index is 0.156. The third-order valence-electron chi connectivity index (χ3n) is 7.87. The summed E-state index contributed by atoms with van der Waals surface area (Å²) >= 11 is 0. The number of hydrogen-bond donors (Lipinski definition) is 2. The largest absolute Gasteiger partial charge is 0.435 e. The van der Waals surface area contributed by atoms with Crippen molar-refractivity contribution < 1.29 is 9.53 Å². The number of aromatic nitrogens is 6. The molecule has 0 spiro atoms. The summed E-state index contributed by atoms with van der Waals surface area (Å²) in [6.45, 7) is 4.21. The quantitative estimate of drug-likeness (QED) is 0.226. The number of rotatable bonds is 8. The van der Waals surface area contributed by atoms with Gasteiger partial charge in [-0.2, -0.15) is 0 Å². The van der Waals surface area contributed by atoms with E-state index in [1.54, 1.807) is 0 Å². The summed E-state index contributed by atoms with van der Waals surface area (Å²) in [4.78, 5) is 18.2. The highest BCUT2D eigenvalue weighted by atomic mass is 16.6. The number of carbonyl (C=O) groups is 1. The molecule has 0 aliphatic heterocycles. The van der Waals surface area contributed by atoms with E-state index in [0.717, 1.165) is 83.4 Å². The first-order valence-corrected chi connectivity index (χ1v) is 14.5. The second-order valence-electron chi connectivity index (χ2n) is 10.8. The maximum absolute atomic E-state index is 13.3. The molecule has 2 aromatic carbocycles. The molecule has 1 aliphatic rings. The van der Waals surface area contributed by atoms with Gasteiger partial charge in [-0.15, -0.1) is 5.10 Å². The first kappa shape index (κ1) is 26.7. The van der Waals surface area contributed by atoms with E-state index in [1.165, 1.54) is 6.42 Å². The predicted octanol–water partition coefficient (Wildman–Crippen LogP) is 6.59. The number of hydrogen-bond acceptors (Lipinski definition) is 6. The molecule has 0 bridgehead atoms. The van der Waals surface area contributed by atoms with E-state index in [9.17, 15) is 4.79 Å². The van der Waals surface area contributed by atoms with Crippen LogP contribution in [0.5, 0.6) is 0 Å². The van der Waals surface area contributed by atoms with Gasteiger partial charge in [0.05, 0.1) is 11.4 Å². The summed E-state index contributed by atoms with van der Waals surface area (Å²) in [5.74, 6) is 0.607. The molecule has 1 amide bonds. The lowest BCUT2D eigenvalue weighted by atomic mass is 9.96. The molecule has 2 N–H and O–H groups in total. The molecule has 9 heteroatoms. The molecule has 0 radical (unpaired) electrons. The monoisotopic (exact) mass is 549 g/mol. The third kappa shape index (κ3) is 5.70. The van der Waals surface area contributed by atoms with Gasteiger partial charge in [-0.25, -0.2) is 14.9 Å². The Morgan fingerprint density at radius 2 is 1.83 bits per heavy atom. The number of nitrogens with one attached hydrogen (secondary N) is 2. The van der Waals surface area contributed by atoms with E-state index in [4.69, 9.17) is 9.72 Å². The van der Waals surface area contributed by atoms with E-state index in [-0.39, 0.29) is 6.04 Å². The van der Waals surface area contributed by atoms with Crippen LogP contribution >= 0.6 is 0 Å². The van der Waals surface area contributed by atoms with Crippen molar-refractivity contribution in [2.45, 2.75) is 70.9 Å². The Balaban J connectivity index is 1.37. The minimum Gasteiger partial charge on any atom is -0.435 e. The highest BCUT2D eigenvalue weighted by Crippen LogP contribution is 2.33. The molecule has 41 heavy (non-hydrogen) atoms. The molecule has 1 aliphatic carbocycles. The number of fused-ring (bicyclic) bond motifs is 1. The Hall–Kier alpha value is -4.53. The van der Waals surface area contributed by atoms with Gasteiger partial charge in [0.25, 0.3) is 0 Å². The summed E-state index contributed by atoms with van der Waals surface area (Å²) in [5.41, 5.74) is 7.65. The number of aromatic amines is 1. The molecule has 3 aromatic heterocycles. The van der Waals surface area contributed by atoms with E-state index >= 15 is 0 Å². The number of H-pyrrole nitrogens is 1. The van der Waals surface area contributed by atoms with Gasteiger partial charge in [-0.1, -0.05) is 87.2 Å². The molecule has 9 nitrogen and oxygen atoms in total. The summed E-state index contributed by atoms with van der Waals surface area (Å²) < 4.78 is 8.32. The van der Waals surface area contributed by atoms with Gasteiger partial charge in [0.1, 0.15) is 5.65 Å². The second-order valence-corrected chi connectivity index (χ2v) is 10.8. The number of aryl methyl sites for hydroxylation is 2. The standard InChI is InChI=1S/C32H35N7O2/c1-3-9-25-20-39-28(19-14-21(2)31(39)33-25)29(41-32(40)34-24-10-5-4-6-11-24)23-17-15-22(16-18-23)26-12-7-8-13-27(26)30-35-37-38-36-30/h7-8,12-20,24,29H,3-6,9-11H2,1-2H3,(H,34,40)(H,35,36,37,38). The van der Waals surface area contributed by atoms with Crippen molar-refractivity contribution in [3.05, 3.63) is 89.4 Å². The molecule has 1 fully saturated rings. The number of benzene rings is 2. The van der Waals surface area contributed by atoms with Crippen molar-refractivity contribution in [3.8, 4) is 22.5 Å². The average Bonchev–Trinajstić information content (AvgIpc) is 3.69. The van der Waals surface area contributed by atoms with Gasteiger partial charge in [-0.3, -0.25) is 4.40 Å². The van der Waals surface area contributed by atoms with E-state index < -0.39 is 12.2 Å². The highest BCUT2D eigenvalue weighted by Gasteiger charge is 2.25. The predicted molar refractivity (Wildman–Crippen MR) is 157 cm³/mol. The normalized spacial score (nSPS) is 14.7. The molecule has 0 saturated heterocycles. The van der Waals surface area contributed by atoms with Gasteiger partial charge in [0, 0.05) is 17.8 Å². The lowest BCUT2D eigenvalue weighted by Gasteiger charge is -2.25. The first-order valence-electron chi connectivity index (χ1n) is 14.5. The van der Waals surface area contributed by atoms with E-state index in [2.05, 4.69) is 68.6 Å². The summed E-state index contributed by atoms with van der Waals surface area (Å²) in [7, 11) is 0. The summed E-state index contributed by atoms with van der Waals surface area (Å²) in [5, 5.41) is 17.6. The molecule has 5 aromatic rings. The molecule has 1 unspecified atom stereocenters. The maximum Gasteiger partial charge on any atom is 0.408 e. The smallest absolute Gasteiger partial charge is 0.408 e. The van der Waals surface area contributed by atoms with Crippen LogP contribution in [0.3, 0.4) is 0 Å². The number of pyridine rings is 1. The average molecular weight is 550 g/mol. The lowest BCUT2D eigenvalue weighted by Crippen LogP contribution is -2.37. The Bertz CT molecular complexity index is 1620. The van der Waals surface area contributed by atoms with E-state index in [1.807, 2.05) is 42.5 Å². The SMILES string of the molecule is CCCc1cn2c(C(OC(=O)NC3CCCCC3)c3ccc(-c4ccccc4-c4nnn[nH]4)cc3)ccc(C)c2n1. The molecular weight excluding hydrogens is 514 g/mol. The molecule has 210 valence electrons. The molecule has 6 rings (SSSR count). The van der Waals surface area contributed by atoms with Gasteiger partial charge in [0.15, 0.2) is 11.9 Å². The van der Waals surface area contributed by atoms with Crippen LogP contribution in [0, 0.1) is 6.92 Å². The number of ether oxygens (including phenoxy) is 1. The van der Waals surface area contributed by atoms with Gasteiger partial charge in [0.2, 0.25) is 0 Å². The Kier molecular flexibility index (Phi) is 7.75. The zero-order valence-electron chi connectivity index (χ0n) is 23.5. The van der Waals surface area contributed by atoms with Crippen LogP contribution in [-0.4, -0.2) is 42.1 Å². The van der Waals surface area contributed by atoms with Crippen LogP contribution in [0.2, 0.25) is 0 Å². The third-order valence-corrected chi connectivity index (χ3v) is 7.87. The van der Waals surface area contributed by atoms with Crippen molar-refractivity contribution in [2.75, 3.05) is 0 Å². The zero-order chi connectivity index (χ0) is 28.2. The van der Waals surface area contributed by atoms with E-state index in [0.29, 0.717) is 5.82 Å². The number of amides is 1. The Morgan fingerprint density at radius 3 is 2.56 bits per heavy atom. The van der Waals surface area contributed by atoms with Crippen molar-refractivity contribution in [1.29, 1.82) is 0 Å². The van der Waals surface area contributed by atoms with Crippen molar-refractivity contribution in [3.63, 3.8) is 0 Å². The fourth-order valence-corrected chi connectivity index (χ4v) is 5.77. The lowest BCUT2D eigenvalue weighted by molar-refractivity contribution is 0.108. The fraction of sp³-hybridized carbons (Fsp3) is 0.344. The summed E-state index contributed by atoms with van der Waals surface area (Å²) in [6.07, 6.45) is 8.44. The molecule has 1 atom stereocenters. The number of imidazole rings is 1. The van der Waals surface area contributed by atoms with Gasteiger partial charge < -0.3 is 10.1 Å². The fourth-order valence-electron chi connectivity index (χ4n) is 5.77. The van der Waals surface area contributed by atoms with Crippen LogP contribution in [0.4, 0.5) is 4.79 Å². The van der Waals surface area contributed by atoms with Crippen molar-refractivity contribution >= 4 is 11.7 Å². The van der Waals surface area contributed by atoms with Crippen LogP contribution in [0.25, 0.3) is 28.2 Å². The van der Waals surface area contributed by atoms with Crippen molar-refractivity contribution in [2.24, 2.45) is 0 Å². The minimum atomic E-state index is -0.617. The topological polar surface area (TPSA) is 110 Å². The number of nitrogens with zero attached hydrogens (tertiary/aromatic N) is 5. The maximum atomic E-state index is 13.3. The number of carbonyl (C=O) groups excluding carboxylic acids is 1. The highest BCUT2D eigenvalue weighted by molar-refractivity contribution is 5.80.